The van der Waals surface area contributed by atoms with E-state index in [9.17, 15) is 14.7 Å². The van der Waals surface area contributed by atoms with Gasteiger partial charge in [-0.15, -0.1) is 0 Å². The molecule has 0 spiro atoms. The maximum atomic E-state index is 12.8. The molecule has 2 aliphatic heterocycles. The molecule has 0 aromatic rings. The van der Waals surface area contributed by atoms with Crippen molar-refractivity contribution >= 4 is 11.9 Å². The van der Waals surface area contributed by atoms with Crippen molar-refractivity contribution in [2.75, 3.05) is 13.1 Å². The predicted molar refractivity (Wildman–Crippen MR) is 87.2 cm³/mol. The molecular formula is C17H30N2O4. The molecule has 2 N–H and O–H groups in total. The second kappa shape index (κ2) is 7.18. The van der Waals surface area contributed by atoms with Gasteiger partial charge in [-0.25, -0.2) is 0 Å². The molecule has 2 rings (SSSR count). The van der Waals surface area contributed by atoms with E-state index in [1.165, 1.54) is 0 Å². The van der Waals surface area contributed by atoms with Crippen LogP contribution in [0.4, 0.5) is 0 Å². The average Bonchev–Trinajstić information content (AvgIpc) is 3.06. The van der Waals surface area contributed by atoms with Gasteiger partial charge in [0.2, 0.25) is 0 Å². The number of nitrogens with one attached hydrogen (secondary N) is 1. The van der Waals surface area contributed by atoms with Crippen LogP contribution in [0.5, 0.6) is 0 Å². The topological polar surface area (TPSA) is 78.9 Å². The van der Waals surface area contributed by atoms with Crippen LogP contribution in [0, 0.1) is 5.92 Å². The Morgan fingerprint density at radius 1 is 1.35 bits per heavy atom. The third kappa shape index (κ3) is 4.23. The molecule has 4 atom stereocenters. The summed E-state index contributed by atoms with van der Waals surface area (Å²) in [6, 6.07) is -1.14. The minimum absolute atomic E-state index is 0.0256. The number of likely N-dealkylation sites (tertiary alicyclic amines) is 1. The Bertz CT molecular complexity index is 440. The summed E-state index contributed by atoms with van der Waals surface area (Å²) >= 11 is 0. The van der Waals surface area contributed by atoms with Crippen molar-refractivity contribution in [1.29, 1.82) is 0 Å². The Balaban J connectivity index is 2.25. The second-order valence-corrected chi connectivity index (χ2v) is 7.66. The number of hydrogen-bond acceptors (Lipinski definition) is 5. The van der Waals surface area contributed by atoms with E-state index in [4.69, 9.17) is 4.74 Å². The van der Waals surface area contributed by atoms with Gasteiger partial charge < -0.3 is 15.2 Å². The summed E-state index contributed by atoms with van der Waals surface area (Å²) in [5.74, 6) is -1.04. The van der Waals surface area contributed by atoms with Crippen molar-refractivity contribution in [2.24, 2.45) is 5.92 Å². The largest absolute Gasteiger partial charge is 0.480 e. The Morgan fingerprint density at radius 2 is 2.04 bits per heavy atom. The standard InChI is InChI=1S/C17H30N2O4/c1-5-11-8-10-19(13(11)15(20)21)14(12-7-6-9-18-12)16(22)23-17(2,3)4/h11-14,18H,5-10H2,1-4H3,(H,20,21)/t11-,12-,13-,14?/m0/s1. The smallest absolute Gasteiger partial charge is 0.325 e. The summed E-state index contributed by atoms with van der Waals surface area (Å²) in [4.78, 5) is 26.5. The first kappa shape index (κ1) is 18.2. The van der Waals surface area contributed by atoms with E-state index in [2.05, 4.69) is 5.32 Å². The van der Waals surface area contributed by atoms with Crippen LogP contribution in [-0.4, -0.2) is 58.8 Å². The van der Waals surface area contributed by atoms with Crippen LogP contribution in [0.3, 0.4) is 0 Å². The number of aliphatic carboxylic acids is 1. The quantitative estimate of drug-likeness (QED) is 0.748. The molecule has 2 aliphatic rings. The van der Waals surface area contributed by atoms with Crippen LogP contribution in [0.15, 0.2) is 0 Å². The highest BCUT2D eigenvalue weighted by Crippen LogP contribution is 2.32. The van der Waals surface area contributed by atoms with Crippen LogP contribution in [0.2, 0.25) is 0 Å². The molecule has 1 unspecified atom stereocenters. The molecule has 0 radical (unpaired) electrons. The van der Waals surface area contributed by atoms with Crippen molar-refractivity contribution in [2.45, 2.75) is 77.1 Å². The maximum Gasteiger partial charge on any atom is 0.325 e. The van der Waals surface area contributed by atoms with Gasteiger partial charge in [0.15, 0.2) is 0 Å². The molecule has 0 amide bonds. The third-order valence-corrected chi connectivity index (χ3v) is 4.82. The Hall–Kier alpha value is -1.14. The fourth-order valence-corrected chi connectivity index (χ4v) is 3.84. The average molecular weight is 326 g/mol. The van der Waals surface area contributed by atoms with E-state index in [0.717, 1.165) is 32.2 Å². The first-order valence-corrected chi connectivity index (χ1v) is 8.69. The second-order valence-electron chi connectivity index (χ2n) is 7.66. The number of carbonyl (C=O) groups is 2. The molecule has 0 saturated carbocycles. The van der Waals surface area contributed by atoms with Crippen molar-refractivity contribution in [1.82, 2.24) is 10.2 Å². The first-order valence-electron chi connectivity index (χ1n) is 8.69. The fourth-order valence-electron chi connectivity index (χ4n) is 3.84. The molecular weight excluding hydrogens is 296 g/mol. The van der Waals surface area contributed by atoms with Crippen LogP contribution in [0.25, 0.3) is 0 Å². The van der Waals surface area contributed by atoms with E-state index in [1.54, 1.807) is 0 Å². The monoisotopic (exact) mass is 326 g/mol. The maximum absolute atomic E-state index is 12.8. The van der Waals surface area contributed by atoms with Crippen molar-refractivity contribution in [3.63, 3.8) is 0 Å². The van der Waals surface area contributed by atoms with Crippen LogP contribution < -0.4 is 5.32 Å². The van der Waals surface area contributed by atoms with Crippen molar-refractivity contribution in [3.05, 3.63) is 0 Å². The molecule has 132 valence electrons. The van der Waals surface area contributed by atoms with Gasteiger partial charge in [-0.2, -0.15) is 0 Å². The Labute approximate surface area is 138 Å². The van der Waals surface area contributed by atoms with Gasteiger partial charge in [0, 0.05) is 12.6 Å². The molecule has 0 aromatic carbocycles. The summed E-state index contributed by atoms with van der Waals surface area (Å²) in [5, 5.41) is 13.0. The lowest BCUT2D eigenvalue weighted by Gasteiger charge is -2.36. The summed E-state index contributed by atoms with van der Waals surface area (Å²) in [6.45, 7) is 9.05. The molecule has 0 bridgehead atoms. The fraction of sp³-hybridized carbons (Fsp3) is 0.882. The Morgan fingerprint density at radius 3 is 2.52 bits per heavy atom. The highest BCUT2D eigenvalue weighted by Gasteiger charge is 2.48. The number of hydrogen-bond donors (Lipinski definition) is 2. The number of carbonyl (C=O) groups excluding carboxylic acids is 1. The number of rotatable bonds is 5. The highest BCUT2D eigenvalue weighted by atomic mass is 16.6. The van der Waals surface area contributed by atoms with E-state index in [-0.39, 0.29) is 17.9 Å². The van der Waals surface area contributed by atoms with E-state index in [1.807, 2.05) is 32.6 Å². The van der Waals surface area contributed by atoms with Gasteiger partial charge in [-0.05, 0) is 52.5 Å². The summed E-state index contributed by atoms with van der Waals surface area (Å²) in [6.07, 6.45) is 3.52. The summed E-state index contributed by atoms with van der Waals surface area (Å²) in [7, 11) is 0. The lowest BCUT2D eigenvalue weighted by atomic mass is 9.96. The van der Waals surface area contributed by atoms with Crippen molar-refractivity contribution < 1.29 is 19.4 Å². The summed E-state index contributed by atoms with van der Waals surface area (Å²) < 4.78 is 5.61. The molecule has 6 heteroatoms. The zero-order valence-electron chi connectivity index (χ0n) is 14.7. The number of carboxylic acids is 1. The lowest BCUT2D eigenvalue weighted by molar-refractivity contribution is -0.164. The molecule has 2 heterocycles. The SMILES string of the molecule is CC[C@H]1CCN(C(C(=O)OC(C)(C)C)[C@@H]2CCCN2)[C@@H]1C(=O)O. The molecule has 0 aromatic heterocycles. The third-order valence-electron chi connectivity index (χ3n) is 4.82. The van der Waals surface area contributed by atoms with Crippen LogP contribution >= 0.6 is 0 Å². The van der Waals surface area contributed by atoms with Gasteiger partial charge in [0.1, 0.15) is 17.7 Å². The summed E-state index contributed by atoms with van der Waals surface area (Å²) in [5.41, 5.74) is -0.573. The molecule has 0 aliphatic carbocycles. The van der Waals surface area contributed by atoms with Crippen LogP contribution in [-0.2, 0) is 14.3 Å². The van der Waals surface area contributed by atoms with Gasteiger partial charge in [0.25, 0.3) is 0 Å². The minimum Gasteiger partial charge on any atom is -0.480 e. The van der Waals surface area contributed by atoms with Crippen molar-refractivity contribution in [3.8, 4) is 0 Å². The number of nitrogens with zero attached hydrogens (tertiary/aromatic N) is 1. The number of esters is 1. The Kier molecular flexibility index (Phi) is 5.68. The lowest BCUT2D eigenvalue weighted by Crippen LogP contribution is -2.57. The van der Waals surface area contributed by atoms with Gasteiger partial charge in [0.05, 0.1) is 0 Å². The van der Waals surface area contributed by atoms with Gasteiger partial charge in [-0.1, -0.05) is 13.3 Å². The minimum atomic E-state index is -0.832. The molecule has 6 nitrogen and oxygen atoms in total. The van der Waals surface area contributed by atoms with E-state index in [0.29, 0.717) is 6.54 Å². The van der Waals surface area contributed by atoms with E-state index >= 15 is 0 Å². The zero-order chi connectivity index (χ0) is 17.2. The number of carboxylic acid groups (broad SMARTS) is 1. The van der Waals surface area contributed by atoms with Crippen LogP contribution in [0.1, 0.15) is 53.4 Å². The normalized spacial score (nSPS) is 30.3. The zero-order valence-corrected chi connectivity index (χ0v) is 14.7. The van der Waals surface area contributed by atoms with Gasteiger partial charge in [-0.3, -0.25) is 14.5 Å². The molecule has 2 fully saturated rings. The number of ether oxygens (including phenoxy) is 1. The first-order chi connectivity index (χ1) is 10.7. The molecule has 23 heavy (non-hydrogen) atoms. The van der Waals surface area contributed by atoms with E-state index < -0.39 is 23.7 Å². The van der Waals surface area contributed by atoms with Gasteiger partial charge >= 0.3 is 11.9 Å². The molecule has 2 saturated heterocycles. The predicted octanol–water partition coefficient (Wildman–Crippen LogP) is 1.63. The highest BCUT2D eigenvalue weighted by molar-refractivity contribution is 5.80.